The van der Waals surface area contributed by atoms with Crippen LogP contribution in [-0.2, 0) is 28.8 Å². The third kappa shape index (κ3) is 10.1. The van der Waals surface area contributed by atoms with Crippen LogP contribution in [0.2, 0.25) is 0 Å². The Kier molecular flexibility index (Phi) is 12.5. The highest BCUT2D eigenvalue weighted by Crippen LogP contribution is 2.30. The highest BCUT2D eigenvalue weighted by molar-refractivity contribution is 7.80. The predicted molar refractivity (Wildman–Crippen MR) is 128 cm³/mol. The Balaban J connectivity index is 2.97. The summed E-state index contributed by atoms with van der Waals surface area (Å²) in [7, 11) is 0. The van der Waals surface area contributed by atoms with Gasteiger partial charge in [-0.2, -0.15) is 12.6 Å². The Morgan fingerprint density at radius 2 is 1.43 bits per heavy atom. The monoisotopic (exact) mass is 516 g/mol. The number of amides is 4. The van der Waals surface area contributed by atoms with Crippen molar-refractivity contribution in [3.63, 3.8) is 0 Å². The van der Waals surface area contributed by atoms with Crippen LogP contribution in [0.1, 0.15) is 58.8 Å². The van der Waals surface area contributed by atoms with Crippen LogP contribution in [0.3, 0.4) is 0 Å². The van der Waals surface area contributed by atoms with Gasteiger partial charge in [-0.25, -0.2) is 0 Å². The molecule has 1 rings (SSSR count). The van der Waals surface area contributed by atoms with E-state index in [0.29, 0.717) is 25.7 Å². The first-order chi connectivity index (χ1) is 16.4. The summed E-state index contributed by atoms with van der Waals surface area (Å²) in [6.07, 6.45) is 1.61. The van der Waals surface area contributed by atoms with Gasteiger partial charge in [-0.3, -0.25) is 28.8 Å². The second-order valence-electron chi connectivity index (χ2n) is 9.16. The lowest BCUT2D eigenvalue weighted by molar-refractivity contribution is -0.149. The summed E-state index contributed by atoms with van der Waals surface area (Å²) >= 11 is 4.09. The maximum atomic E-state index is 12.9. The summed E-state index contributed by atoms with van der Waals surface area (Å²) in [5.41, 5.74) is 5.33. The van der Waals surface area contributed by atoms with E-state index in [2.05, 4.69) is 28.6 Å². The number of nitrogens with one attached hydrogen (secondary N) is 3. The molecule has 1 aliphatic rings. The Hall–Kier alpha value is -2.83. The van der Waals surface area contributed by atoms with Crippen LogP contribution in [0, 0.1) is 17.8 Å². The van der Waals surface area contributed by atoms with Crippen molar-refractivity contribution < 1.29 is 39.0 Å². The summed E-state index contributed by atoms with van der Waals surface area (Å²) in [4.78, 5) is 73.0. The van der Waals surface area contributed by atoms with Gasteiger partial charge in [0, 0.05) is 0 Å². The Labute approximate surface area is 209 Å². The molecule has 0 bridgehead atoms. The second kappa shape index (κ2) is 14.5. The van der Waals surface area contributed by atoms with E-state index >= 15 is 0 Å². The fourth-order valence-corrected chi connectivity index (χ4v) is 4.32. The first-order valence-corrected chi connectivity index (χ1v) is 12.3. The number of carbonyl (C=O) groups excluding carboxylic acids is 4. The van der Waals surface area contributed by atoms with E-state index in [1.165, 1.54) is 0 Å². The van der Waals surface area contributed by atoms with E-state index in [4.69, 9.17) is 5.73 Å². The Morgan fingerprint density at radius 1 is 0.886 bits per heavy atom. The largest absolute Gasteiger partial charge is 0.481 e. The number of hydrogen-bond donors (Lipinski definition) is 7. The van der Waals surface area contributed by atoms with Gasteiger partial charge in [-0.1, -0.05) is 26.7 Å². The molecule has 0 aromatic heterocycles. The van der Waals surface area contributed by atoms with E-state index in [9.17, 15) is 39.0 Å². The van der Waals surface area contributed by atoms with Gasteiger partial charge in [0.15, 0.2) is 0 Å². The van der Waals surface area contributed by atoms with Gasteiger partial charge in [0.05, 0.1) is 18.3 Å². The van der Waals surface area contributed by atoms with Crippen LogP contribution in [0.5, 0.6) is 0 Å². The molecule has 35 heavy (non-hydrogen) atoms. The summed E-state index contributed by atoms with van der Waals surface area (Å²) in [5, 5.41) is 25.9. The van der Waals surface area contributed by atoms with Crippen LogP contribution in [0.25, 0.3) is 0 Å². The molecule has 198 valence electrons. The summed E-state index contributed by atoms with van der Waals surface area (Å²) < 4.78 is 0. The third-order valence-electron chi connectivity index (χ3n) is 5.85. The van der Waals surface area contributed by atoms with Gasteiger partial charge >= 0.3 is 11.9 Å². The number of carboxylic acids is 2. The van der Waals surface area contributed by atoms with Gasteiger partial charge in [0.1, 0.15) is 18.1 Å². The molecule has 7 N–H and O–H groups in total. The van der Waals surface area contributed by atoms with Crippen LogP contribution in [0.4, 0.5) is 0 Å². The number of carboxylic acid groups (broad SMARTS) is 2. The number of carbonyl (C=O) groups is 6. The lowest BCUT2D eigenvalue weighted by Gasteiger charge is -2.29. The van der Waals surface area contributed by atoms with Crippen molar-refractivity contribution in [2.45, 2.75) is 76.9 Å². The number of hydrogen-bond acceptors (Lipinski definition) is 7. The summed E-state index contributed by atoms with van der Waals surface area (Å²) in [6.45, 7) is 3.62. The van der Waals surface area contributed by atoms with Crippen LogP contribution in [-0.4, -0.2) is 69.7 Å². The molecular formula is C22H36N4O8S. The average molecular weight is 517 g/mol. The smallest absolute Gasteiger partial charge is 0.307 e. The summed E-state index contributed by atoms with van der Waals surface area (Å²) in [6, 6.07) is -3.75. The van der Waals surface area contributed by atoms with Crippen molar-refractivity contribution >= 4 is 48.2 Å². The van der Waals surface area contributed by atoms with Crippen LogP contribution in [0.15, 0.2) is 0 Å². The average Bonchev–Trinajstić information content (AvgIpc) is 2.76. The topological polar surface area (TPSA) is 205 Å². The van der Waals surface area contributed by atoms with Crippen molar-refractivity contribution in [1.82, 2.24) is 16.0 Å². The Bertz CT molecular complexity index is 806. The molecule has 13 heteroatoms. The minimum Gasteiger partial charge on any atom is -0.481 e. The first kappa shape index (κ1) is 30.2. The molecule has 1 aliphatic carbocycles. The van der Waals surface area contributed by atoms with Gasteiger partial charge in [0.25, 0.3) is 0 Å². The molecule has 4 amide bonds. The molecule has 0 radical (unpaired) electrons. The molecule has 1 fully saturated rings. The molecule has 0 saturated heterocycles. The quantitative estimate of drug-likeness (QED) is 0.152. The number of primary amides is 1. The van der Waals surface area contributed by atoms with Gasteiger partial charge < -0.3 is 31.9 Å². The van der Waals surface area contributed by atoms with E-state index in [1.54, 1.807) is 0 Å². The second-order valence-corrected chi connectivity index (χ2v) is 9.61. The molecular weight excluding hydrogens is 480 g/mol. The first-order valence-electron chi connectivity index (χ1n) is 11.6. The fraction of sp³-hybridized carbons (Fsp3) is 0.727. The maximum absolute atomic E-state index is 12.9. The van der Waals surface area contributed by atoms with E-state index in [-0.39, 0.29) is 24.5 Å². The third-order valence-corrected chi connectivity index (χ3v) is 6.11. The standard InChI is InChI=1S/C22H36N4O8S/c1-11(2)9-15(18(23)29)25-21(32)16(10-17(27)28)26-20(31)14(7-8-35)24-19(30)12-5-3-4-6-13(12)22(33)34/h11-16,35H,3-10H2,1-2H3,(H2,23,29)(H,24,30)(H,25,32)(H,26,31)(H,27,28)(H,33,34)/t12-,13-,14+,15+,16+/m1/s1. The highest BCUT2D eigenvalue weighted by atomic mass is 32.1. The molecule has 0 aromatic rings. The summed E-state index contributed by atoms with van der Waals surface area (Å²) in [5.74, 6) is -7.05. The van der Waals surface area contributed by atoms with Crippen LogP contribution < -0.4 is 21.7 Å². The van der Waals surface area contributed by atoms with E-state index in [1.807, 2.05) is 13.8 Å². The predicted octanol–water partition coefficient (Wildman–Crippen LogP) is -0.342. The minimum absolute atomic E-state index is 0.00436. The SMILES string of the molecule is CC(C)C[C@H](NC(=O)[C@H](CC(=O)O)NC(=O)[C@H](CCS)NC(=O)[C@@H]1CCCC[C@H]1C(=O)O)C(N)=O. The van der Waals surface area contributed by atoms with Gasteiger partial charge in [-0.05, 0) is 37.4 Å². The molecule has 12 nitrogen and oxygen atoms in total. The van der Waals surface area contributed by atoms with Crippen LogP contribution >= 0.6 is 12.6 Å². The van der Waals surface area contributed by atoms with E-state index in [0.717, 1.165) is 0 Å². The molecule has 5 atom stereocenters. The number of thiol groups is 1. The van der Waals surface area contributed by atoms with Crippen molar-refractivity contribution in [2.24, 2.45) is 23.5 Å². The van der Waals surface area contributed by atoms with Gasteiger partial charge in [-0.15, -0.1) is 0 Å². The van der Waals surface area contributed by atoms with E-state index < -0.39 is 71.9 Å². The van der Waals surface area contributed by atoms with Crippen molar-refractivity contribution in [2.75, 3.05) is 5.75 Å². The zero-order valence-electron chi connectivity index (χ0n) is 20.0. The fourth-order valence-electron chi connectivity index (χ4n) is 4.06. The molecule has 0 aromatic carbocycles. The lowest BCUT2D eigenvalue weighted by Crippen LogP contribution is -2.57. The number of aliphatic carboxylic acids is 2. The maximum Gasteiger partial charge on any atom is 0.307 e. The molecule has 0 heterocycles. The normalized spacial score (nSPS) is 20.2. The highest BCUT2D eigenvalue weighted by Gasteiger charge is 2.37. The molecule has 1 saturated carbocycles. The molecule has 0 unspecified atom stereocenters. The Morgan fingerprint density at radius 3 is 1.91 bits per heavy atom. The molecule has 0 aliphatic heterocycles. The zero-order valence-corrected chi connectivity index (χ0v) is 20.9. The minimum atomic E-state index is -1.53. The number of nitrogens with two attached hydrogens (primary N) is 1. The number of rotatable bonds is 14. The zero-order chi connectivity index (χ0) is 26.7. The van der Waals surface area contributed by atoms with Crippen molar-refractivity contribution in [1.29, 1.82) is 0 Å². The lowest BCUT2D eigenvalue weighted by atomic mass is 9.78. The van der Waals surface area contributed by atoms with Gasteiger partial charge in [0.2, 0.25) is 23.6 Å². The van der Waals surface area contributed by atoms with Crippen molar-refractivity contribution in [3.05, 3.63) is 0 Å². The van der Waals surface area contributed by atoms with Crippen molar-refractivity contribution in [3.8, 4) is 0 Å². The molecule has 0 spiro atoms.